The number of hydrogen-bond acceptors (Lipinski definition) is 13. The van der Waals surface area contributed by atoms with Crippen molar-refractivity contribution in [1.29, 1.82) is 0 Å². The summed E-state index contributed by atoms with van der Waals surface area (Å²) in [6.45, 7) is 16.0. The van der Waals surface area contributed by atoms with Gasteiger partial charge in [-0.05, 0) is 90.6 Å². The van der Waals surface area contributed by atoms with Crippen LogP contribution in [0, 0.1) is 11.3 Å². The molecule has 0 rings (SSSR count). The fraction of sp³-hybridized carbons (Fsp3) is 0.891. The minimum Gasteiger partial charge on any atom is -0.466 e. The molecule has 68 heavy (non-hydrogen) atoms. The van der Waals surface area contributed by atoms with Crippen molar-refractivity contribution >= 4 is 35.8 Å². The van der Waals surface area contributed by atoms with Gasteiger partial charge in [-0.25, -0.2) is 0 Å². The Hall–Kier alpha value is -3.22. The Balaban J connectivity index is 5.89. The number of rotatable bonds is 48. The Bertz CT molecular complexity index is 1230. The second-order valence-corrected chi connectivity index (χ2v) is 19.4. The summed E-state index contributed by atoms with van der Waals surface area (Å²) in [6, 6.07) is 0.327. The first-order chi connectivity index (χ1) is 32.8. The molecule has 13 heteroatoms. The second kappa shape index (κ2) is 45.0. The molecule has 0 aliphatic heterocycles. The van der Waals surface area contributed by atoms with Crippen molar-refractivity contribution in [1.82, 2.24) is 4.90 Å². The molecule has 0 bridgehead atoms. The average Bonchev–Trinajstić information content (AvgIpc) is 3.32. The smallest absolute Gasteiger partial charge is 0.306 e. The summed E-state index contributed by atoms with van der Waals surface area (Å²) >= 11 is 0. The van der Waals surface area contributed by atoms with Crippen LogP contribution in [-0.2, 0) is 57.2 Å². The number of carbonyl (C=O) groups excluding carboxylic acids is 6. The van der Waals surface area contributed by atoms with Crippen molar-refractivity contribution in [2.24, 2.45) is 11.3 Å². The summed E-state index contributed by atoms with van der Waals surface area (Å²) in [6.07, 6.45) is 24.5. The number of hydrogen-bond donors (Lipinski definition) is 0. The highest BCUT2D eigenvalue weighted by atomic mass is 16.6. The van der Waals surface area contributed by atoms with Gasteiger partial charge in [-0.3, -0.25) is 28.8 Å². The summed E-state index contributed by atoms with van der Waals surface area (Å²) in [5, 5.41) is 0. The number of ether oxygens (including phenoxy) is 6. The molecule has 0 radical (unpaired) electrons. The van der Waals surface area contributed by atoms with E-state index in [1.54, 1.807) is 0 Å². The summed E-state index contributed by atoms with van der Waals surface area (Å²) in [4.78, 5) is 80.1. The zero-order valence-corrected chi connectivity index (χ0v) is 44.6. The molecule has 13 nitrogen and oxygen atoms in total. The van der Waals surface area contributed by atoms with Gasteiger partial charge in [-0.15, -0.1) is 0 Å². The van der Waals surface area contributed by atoms with Crippen LogP contribution < -0.4 is 0 Å². The molecule has 0 heterocycles. The van der Waals surface area contributed by atoms with E-state index < -0.39 is 29.3 Å². The van der Waals surface area contributed by atoms with Gasteiger partial charge >= 0.3 is 35.8 Å². The minimum atomic E-state index is -1.38. The van der Waals surface area contributed by atoms with Crippen LogP contribution in [0.3, 0.4) is 0 Å². The minimum absolute atomic E-state index is 0.0303. The average molecular weight is 968 g/mol. The fourth-order valence-corrected chi connectivity index (χ4v) is 7.98. The van der Waals surface area contributed by atoms with E-state index in [1.165, 1.54) is 38.5 Å². The molecule has 0 aromatic rings. The van der Waals surface area contributed by atoms with E-state index in [-0.39, 0.29) is 82.8 Å². The van der Waals surface area contributed by atoms with Crippen LogP contribution in [0.4, 0.5) is 0 Å². The van der Waals surface area contributed by atoms with Crippen LogP contribution >= 0.6 is 0 Å². The molecule has 0 unspecified atom stereocenters. The van der Waals surface area contributed by atoms with Gasteiger partial charge in [0.2, 0.25) is 0 Å². The van der Waals surface area contributed by atoms with Gasteiger partial charge in [0, 0.05) is 44.6 Å². The maximum absolute atomic E-state index is 13.6. The third kappa shape index (κ3) is 38.6. The highest BCUT2D eigenvalue weighted by molar-refractivity contribution is 5.72. The summed E-state index contributed by atoms with van der Waals surface area (Å²) in [7, 11) is 0. The van der Waals surface area contributed by atoms with Crippen LogP contribution in [0.15, 0.2) is 0 Å². The lowest BCUT2D eigenvalue weighted by molar-refractivity contribution is -0.171. The van der Waals surface area contributed by atoms with Crippen LogP contribution in [0.25, 0.3) is 0 Å². The zero-order chi connectivity index (χ0) is 50.5. The molecule has 0 saturated heterocycles. The Kier molecular flexibility index (Phi) is 42.8. The number of carbonyl (C=O) groups is 6. The molecular weight excluding hydrogens is 867 g/mol. The van der Waals surface area contributed by atoms with Crippen molar-refractivity contribution < 1.29 is 57.2 Å². The van der Waals surface area contributed by atoms with Gasteiger partial charge in [0.25, 0.3) is 0 Å². The fourth-order valence-electron chi connectivity index (χ4n) is 7.98. The van der Waals surface area contributed by atoms with Crippen LogP contribution in [0.2, 0.25) is 0 Å². The van der Waals surface area contributed by atoms with E-state index in [0.717, 1.165) is 96.4 Å². The van der Waals surface area contributed by atoms with E-state index in [0.29, 0.717) is 57.9 Å². The molecular formula is C55H101NO12. The number of esters is 6. The van der Waals surface area contributed by atoms with Gasteiger partial charge in [-0.1, -0.05) is 137 Å². The number of unbranched alkanes of at least 4 members (excludes halogenated alkanes) is 16. The maximum Gasteiger partial charge on any atom is 0.306 e. The van der Waals surface area contributed by atoms with E-state index in [4.69, 9.17) is 28.4 Å². The quantitative estimate of drug-likeness (QED) is 0.0322. The van der Waals surface area contributed by atoms with Crippen molar-refractivity contribution in [3.8, 4) is 0 Å². The van der Waals surface area contributed by atoms with Crippen LogP contribution in [0.5, 0.6) is 0 Å². The lowest BCUT2D eigenvalue weighted by Crippen LogP contribution is -2.44. The standard InChI is InChI=1S/C55H101NO12/c1-8-13-17-19-21-29-40-63-49(57)34-25-27-36-51(59)65-43-55(45-67-53(61)38-31-39-56(12-5)47(6)7,46-68-54(62)42-48(32-23-15-10-3)33-24-16-11-4)44-66-52(60)37-28-26-35-50(58)64-41-30-22-20-18-14-9-2/h47-48H,8-46H2,1-7H3. The first-order valence-electron chi connectivity index (χ1n) is 27.5. The van der Waals surface area contributed by atoms with E-state index in [2.05, 4.69) is 53.4 Å². The van der Waals surface area contributed by atoms with Gasteiger partial charge < -0.3 is 33.3 Å². The van der Waals surface area contributed by atoms with Crippen molar-refractivity contribution in [3.63, 3.8) is 0 Å². The summed E-state index contributed by atoms with van der Waals surface area (Å²) < 4.78 is 34.2. The van der Waals surface area contributed by atoms with Gasteiger partial charge in [0.1, 0.15) is 31.8 Å². The van der Waals surface area contributed by atoms with Crippen molar-refractivity contribution in [2.45, 2.75) is 254 Å². The van der Waals surface area contributed by atoms with Crippen molar-refractivity contribution in [3.05, 3.63) is 0 Å². The molecule has 0 aromatic carbocycles. The van der Waals surface area contributed by atoms with Gasteiger partial charge in [0.05, 0.1) is 13.2 Å². The second-order valence-electron chi connectivity index (χ2n) is 19.4. The Labute approximate surface area is 414 Å². The lowest BCUT2D eigenvalue weighted by Gasteiger charge is -2.32. The topological polar surface area (TPSA) is 161 Å². The Morgan fingerprint density at radius 2 is 0.706 bits per heavy atom. The van der Waals surface area contributed by atoms with E-state index in [1.807, 2.05) is 0 Å². The Morgan fingerprint density at radius 3 is 1.07 bits per heavy atom. The zero-order valence-electron chi connectivity index (χ0n) is 44.6. The maximum atomic E-state index is 13.6. The van der Waals surface area contributed by atoms with Gasteiger partial charge in [-0.2, -0.15) is 0 Å². The van der Waals surface area contributed by atoms with E-state index >= 15 is 0 Å². The molecule has 0 fully saturated rings. The number of nitrogens with zero attached hydrogens (tertiary/aromatic N) is 1. The summed E-state index contributed by atoms with van der Waals surface area (Å²) in [5.41, 5.74) is -1.38. The molecule has 0 atom stereocenters. The molecule has 0 aromatic heterocycles. The van der Waals surface area contributed by atoms with Gasteiger partial charge in [0.15, 0.2) is 0 Å². The monoisotopic (exact) mass is 968 g/mol. The van der Waals surface area contributed by atoms with E-state index in [9.17, 15) is 28.8 Å². The molecule has 0 aliphatic carbocycles. The first-order valence-corrected chi connectivity index (χ1v) is 27.5. The largest absolute Gasteiger partial charge is 0.466 e. The third-order valence-corrected chi connectivity index (χ3v) is 12.6. The molecule has 0 N–H and O–H groups in total. The van der Waals surface area contributed by atoms with Crippen LogP contribution in [-0.4, -0.2) is 99.5 Å². The third-order valence-electron chi connectivity index (χ3n) is 12.6. The van der Waals surface area contributed by atoms with Crippen LogP contribution in [0.1, 0.15) is 248 Å². The van der Waals surface area contributed by atoms with Crippen molar-refractivity contribution in [2.75, 3.05) is 52.7 Å². The molecule has 398 valence electrons. The highest BCUT2D eigenvalue weighted by Gasteiger charge is 2.38. The molecule has 0 spiro atoms. The normalized spacial score (nSPS) is 11.6. The predicted molar refractivity (Wildman–Crippen MR) is 270 cm³/mol. The lowest BCUT2D eigenvalue weighted by atomic mass is 9.91. The molecule has 0 saturated carbocycles. The summed E-state index contributed by atoms with van der Waals surface area (Å²) in [5.74, 6) is -2.36. The first kappa shape index (κ1) is 64.8. The SMILES string of the molecule is CCCCCCCCOC(=O)CCCCC(=O)OCC(COC(=O)CCCCC(=O)OCCCCCCCC)(COC(=O)CCCN(CC)C(C)C)COC(=O)CC(CCCCC)CCCCC. The molecule has 0 amide bonds. The highest BCUT2D eigenvalue weighted by Crippen LogP contribution is 2.26. The Morgan fingerprint density at radius 1 is 0.382 bits per heavy atom. The predicted octanol–water partition coefficient (Wildman–Crippen LogP) is 12.8. The molecule has 0 aliphatic rings.